The number of rotatable bonds is 4. The summed E-state index contributed by atoms with van der Waals surface area (Å²) in [6.45, 7) is 23.7. The third-order valence-corrected chi connectivity index (χ3v) is 15.0. The summed E-state index contributed by atoms with van der Waals surface area (Å²) in [7, 11) is -3.81. The molecule has 0 aromatic heterocycles. The lowest BCUT2D eigenvalue weighted by Crippen LogP contribution is -2.61. The molecule has 23 heavy (non-hydrogen) atoms. The molecule has 0 radical (unpaired) electrons. The van der Waals surface area contributed by atoms with Crippen molar-refractivity contribution in [3.63, 3.8) is 0 Å². The van der Waals surface area contributed by atoms with E-state index in [0.29, 0.717) is 13.1 Å². The van der Waals surface area contributed by atoms with Gasteiger partial charge >= 0.3 is 0 Å². The zero-order chi connectivity index (χ0) is 18.3. The van der Waals surface area contributed by atoms with Crippen LogP contribution in [0.25, 0.3) is 0 Å². The van der Waals surface area contributed by atoms with Crippen LogP contribution in [0.15, 0.2) is 0 Å². The predicted molar refractivity (Wildman–Crippen MR) is 103 cm³/mol. The van der Waals surface area contributed by atoms with Gasteiger partial charge in [0, 0.05) is 13.1 Å². The van der Waals surface area contributed by atoms with Gasteiger partial charge in [-0.1, -0.05) is 41.5 Å². The molecule has 1 aliphatic heterocycles. The van der Waals surface area contributed by atoms with Gasteiger partial charge in [0.15, 0.2) is 16.6 Å². The zero-order valence-corrected chi connectivity index (χ0v) is 18.9. The quantitative estimate of drug-likeness (QED) is 0.749. The topological polar surface area (TPSA) is 50.7 Å². The molecule has 2 atom stereocenters. The smallest absolute Gasteiger partial charge is 0.192 e. The molecule has 6 heteroatoms. The Morgan fingerprint density at radius 3 is 1.35 bits per heavy atom. The molecule has 0 amide bonds. The molecule has 1 rings (SSSR count). The van der Waals surface area contributed by atoms with Gasteiger partial charge in [-0.05, 0) is 36.3 Å². The Labute approximate surface area is 145 Å². The minimum atomic E-state index is -1.90. The van der Waals surface area contributed by atoms with Crippen molar-refractivity contribution >= 4 is 16.6 Å². The highest BCUT2D eigenvalue weighted by Gasteiger charge is 2.46. The highest BCUT2D eigenvalue weighted by Crippen LogP contribution is 2.40. The largest absolute Gasteiger partial charge is 0.410 e. The Morgan fingerprint density at radius 2 is 1.09 bits per heavy atom. The Bertz CT molecular complexity index is 364. The van der Waals surface area contributed by atoms with Gasteiger partial charge in [0.2, 0.25) is 0 Å². The fraction of sp³-hybridized carbons (Fsp3) is 1.00. The molecule has 4 nitrogen and oxygen atoms in total. The summed E-state index contributed by atoms with van der Waals surface area (Å²) in [6, 6.07) is 0. The van der Waals surface area contributed by atoms with Gasteiger partial charge in [0.1, 0.15) is 6.10 Å². The van der Waals surface area contributed by atoms with Gasteiger partial charge in [-0.3, -0.25) is 0 Å². The average Bonchev–Trinajstić information content (AvgIpc) is 2.31. The molecule has 2 N–H and O–H groups in total. The molecule has 1 aliphatic rings. The third kappa shape index (κ3) is 5.12. The second-order valence-electron chi connectivity index (χ2n) is 9.98. The van der Waals surface area contributed by atoms with Crippen LogP contribution in [0.4, 0.5) is 0 Å². The molecule has 0 aliphatic carbocycles. The molecule has 0 saturated carbocycles. The van der Waals surface area contributed by atoms with E-state index < -0.39 is 22.7 Å². The maximum absolute atomic E-state index is 10.8. The molecular weight excluding hydrogens is 322 g/mol. The van der Waals surface area contributed by atoms with E-state index in [1.165, 1.54) is 0 Å². The van der Waals surface area contributed by atoms with Crippen molar-refractivity contribution in [1.29, 1.82) is 0 Å². The van der Waals surface area contributed by atoms with Gasteiger partial charge < -0.3 is 19.3 Å². The van der Waals surface area contributed by atoms with Gasteiger partial charge in [-0.25, -0.2) is 0 Å². The summed E-state index contributed by atoms with van der Waals surface area (Å²) >= 11 is 0. The first-order valence-electron chi connectivity index (χ1n) is 8.83. The lowest BCUT2D eigenvalue weighted by atomic mass is 10.0. The van der Waals surface area contributed by atoms with Crippen LogP contribution in [0.3, 0.4) is 0 Å². The number of piperidine rings is 1. The van der Waals surface area contributed by atoms with Crippen molar-refractivity contribution in [2.75, 3.05) is 13.1 Å². The summed E-state index contributed by atoms with van der Waals surface area (Å²) in [5, 5.41) is 14.5. The van der Waals surface area contributed by atoms with Gasteiger partial charge in [-0.2, -0.15) is 0 Å². The summed E-state index contributed by atoms with van der Waals surface area (Å²) in [5.41, 5.74) is 0. The number of hydrogen-bond acceptors (Lipinski definition) is 4. The minimum absolute atomic E-state index is 0.139. The van der Waals surface area contributed by atoms with Crippen molar-refractivity contribution in [3.05, 3.63) is 0 Å². The first kappa shape index (κ1) is 21.3. The summed E-state index contributed by atoms with van der Waals surface area (Å²) in [6.07, 6.45) is -0.918. The van der Waals surface area contributed by atoms with Gasteiger partial charge in [0.25, 0.3) is 0 Å². The summed E-state index contributed by atoms with van der Waals surface area (Å²) in [4.78, 5) is 0. The molecule has 1 saturated heterocycles. The van der Waals surface area contributed by atoms with Crippen molar-refractivity contribution in [3.8, 4) is 0 Å². The lowest BCUT2D eigenvalue weighted by Gasteiger charge is -2.46. The number of aliphatic hydroxyl groups excluding tert-OH is 1. The van der Waals surface area contributed by atoms with Crippen molar-refractivity contribution in [2.24, 2.45) is 0 Å². The Kier molecular flexibility index (Phi) is 6.38. The average molecular weight is 362 g/mol. The molecule has 0 unspecified atom stereocenters. The number of hydrogen-bond donors (Lipinski definition) is 2. The fourth-order valence-corrected chi connectivity index (χ4v) is 4.85. The normalized spacial score (nSPS) is 25.7. The molecule has 1 heterocycles. The molecule has 0 aromatic carbocycles. The van der Waals surface area contributed by atoms with E-state index in [4.69, 9.17) is 8.85 Å². The minimum Gasteiger partial charge on any atom is -0.410 e. The van der Waals surface area contributed by atoms with E-state index in [1.54, 1.807) is 0 Å². The van der Waals surface area contributed by atoms with E-state index in [2.05, 4.69) is 73.0 Å². The summed E-state index contributed by atoms with van der Waals surface area (Å²) < 4.78 is 12.9. The summed E-state index contributed by atoms with van der Waals surface area (Å²) in [5.74, 6) is 0. The second-order valence-corrected chi connectivity index (χ2v) is 19.5. The standard InChI is InChI=1S/C17H39NO3Si2/c1-16(2,3)22(7,8)20-13-11-18-12-14(15(13)19)21-23(9,10)17(4,5)6/h13-15,18-19H,11-12H2,1-10H3/t13-,14-/m1/s1. The van der Waals surface area contributed by atoms with Crippen molar-refractivity contribution < 1.29 is 14.0 Å². The lowest BCUT2D eigenvalue weighted by molar-refractivity contribution is -0.0641. The van der Waals surface area contributed by atoms with Crippen molar-refractivity contribution in [1.82, 2.24) is 5.32 Å². The van der Waals surface area contributed by atoms with Crippen LogP contribution >= 0.6 is 0 Å². The molecule has 0 aromatic rings. The highest BCUT2D eigenvalue weighted by molar-refractivity contribution is 6.74. The van der Waals surface area contributed by atoms with Crippen LogP contribution in [0.5, 0.6) is 0 Å². The van der Waals surface area contributed by atoms with Crippen LogP contribution in [-0.4, -0.2) is 53.1 Å². The van der Waals surface area contributed by atoms with Crippen LogP contribution in [-0.2, 0) is 8.85 Å². The fourth-order valence-electron chi connectivity index (χ4n) is 2.18. The van der Waals surface area contributed by atoms with E-state index in [9.17, 15) is 5.11 Å². The Hall–Kier alpha value is 0.274. The van der Waals surface area contributed by atoms with Gasteiger partial charge in [0.05, 0.1) is 12.2 Å². The van der Waals surface area contributed by atoms with E-state index in [0.717, 1.165) is 0 Å². The molecule has 0 bridgehead atoms. The number of nitrogens with one attached hydrogen (secondary N) is 1. The number of aliphatic hydroxyl groups is 1. The first-order valence-corrected chi connectivity index (χ1v) is 14.6. The molecule has 1 fully saturated rings. The predicted octanol–water partition coefficient (Wildman–Crippen LogP) is 3.73. The van der Waals surface area contributed by atoms with Crippen molar-refractivity contribution in [2.45, 2.75) is 96.1 Å². The van der Waals surface area contributed by atoms with Crippen LogP contribution < -0.4 is 5.32 Å². The molecule has 0 spiro atoms. The molecule has 138 valence electrons. The molecular formula is C17H39NO3Si2. The Morgan fingerprint density at radius 1 is 0.783 bits per heavy atom. The van der Waals surface area contributed by atoms with E-state index in [1.807, 2.05) is 0 Å². The SMILES string of the molecule is CC(C)(C)[Si](C)(C)O[C@@H]1CNC[C@@H](O[Si](C)(C)C(C)(C)C)C1O. The first-order chi connectivity index (χ1) is 10.1. The van der Waals surface area contributed by atoms with Crippen LogP contribution in [0, 0.1) is 0 Å². The maximum Gasteiger partial charge on any atom is 0.192 e. The highest BCUT2D eigenvalue weighted by atomic mass is 28.4. The zero-order valence-electron chi connectivity index (χ0n) is 16.9. The van der Waals surface area contributed by atoms with E-state index in [-0.39, 0.29) is 22.3 Å². The van der Waals surface area contributed by atoms with E-state index >= 15 is 0 Å². The Balaban J connectivity index is 2.82. The monoisotopic (exact) mass is 361 g/mol. The van der Waals surface area contributed by atoms with Crippen LogP contribution in [0.1, 0.15) is 41.5 Å². The van der Waals surface area contributed by atoms with Gasteiger partial charge in [-0.15, -0.1) is 0 Å². The van der Waals surface area contributed by atoms with Crippen LogP contribution in [0.2, 0.25) is 36.3 Å². The third-order valence-electron chi connectivity index (χ3n) is 5.96. The maximum atomic E-state index is 10.8. The second kappa shape index (κ2) is 6.88.